The molecule has 0 radical (unpaired) electrons. The van der Waals surface area contributed by atoms with Crippen LogP contribution in [0.3, 0.4) is 0 Å². The van der Waals surface area contributed by atoms with Crippen molar-refractivity contribution in [1.29, 1.82) is 0 Å². The number of aromatic nitrogens is 2. The largest absolute Gasteiger partial charge is 0.497 e. The minimum absolute atomic E-state index is 0.148. The smallest absolute Gasteiger partial charge is 0.356 e. The third-order valence-electron chi connectivity index (χ3n) is 4.93. The Hall–Kier alpha value is -2.83. The van der Waals surface area contributed by atoms with Crippen LogP contribution in [0.25, 0.3) is 0 Å². The normalized spacial score (nSPS) is 19.4. The van der Waals surface area contributed by atoms with Gasteiger partial charge in [0.15, 0.2) is 0 Å². The number of methoxy groups -OCH3 is 1. The van der Waals surface area contributed by atoms with Gasteiger partial charge in [0.25, 0.3) is 0 Å². The Labute approximate surface area is 165 Å². The van der Waals surface area contributed by atoms with Gasteiger partial charge in [0.05, 0.1) is 37.5 Å². The lowest BCUT2D eigenvalue weighted by Crippen LogP contribution is -2.37. The molecule has 28 heavy (non-hydrogen) atoms. The standard InChI is InChI=1S/C21H27N3O4/c1-13(2)28-20(25)18-11-22-12-24(18)19-16-9-14(26-5)7-8-15(16)17(23-27-6)10-21(19,3)4/h7-9,11-13,19H,10H2,1-6H3/b23-17-. The van der Waals surface area contributed by atoms with Crippen LogP contribution in [0.1, 0.15) is 61.8 Å². The zero-order chi connectivity index (χ0) is 20.5. The summed E-state index contributed by atoms with van der Waals surface area (Å²) in [6, 6.07) is 5.73. The molecule has 2 aromatic rings. The van der Waals surface area contributed by atoms with Gasteiger partial charge in [-0.3, -0.25) is 0 Å². The first-order valence-corrected chi connectivity index (χ1v) is 9.29. The lowest BCUT2D eigenvalue weighted by molar-refractivity contribution is 0.0359. The van der Waals surface area contributed by atoms with Gasteiger partial charge in [0.1, 0.15) is 18.6 Å². The number of imidazole rings is 1. The molecule has 1 aliphatic rings. The first-order chi connectivity index (χ1) is 13.3. The second kappa shape index (κ2) is 7.66. The van der Waals surface area contributed by atoms with E-state index in [0.717, 1.165) is 22.6 Å². The number of ether oxygens (including phenoxy) is 2. The number of nitrogens with zero attached hydrogens (tertiary/aromatic N) is 3. The number of rotatable bonds is 5. The Kier molecular flexibility index (Phi) is 5.45. The lowest BCUT2D eigenvalue weighted by atomic mass is 9.69. The molecule has 1 aromatic carbocycles. The molecule has 7 nitrogen and oxygen atoms in total. The zero-order valence-electron chi connectivity index (χ0n) is 17.2. The average Bonchev–Trinajstić information content (AvgIpc) is 3.09. The highest BCUT2D eigenvalue weighted by Crippen LogP contribution is 2.47. The van der Waals surface area contributed by atoms with Crippen molar-refractivity contribution in [2.75, 3.05) is 14.2 Å². The monoisotopic (exact) mass is 385 g/mol. The maximum atomic E-state index is 12.6. The predicted molar refractivity (Wildman–Crippen MR) is 106 cm³/mol. The fourth-order valence-electron chi connectivity index (χ4n) is 3.86. The molecular weight excluding hydrogens is 358 g/mol. The molecule has 1 unspecified atom stereocenters. The van der Waals surface area contributed by atoms with E-state index in [0.29, 0.717) is 12.1 Å². The third-order valence-corrected chi connectivity index (χ3v) is 4.93. The van der Waals surface area contributed by atoms with Crippen LogP contribution in [-0.2, 0) is 9.57 Å². The minimum atomic E-state index is -0.385. The van der Waals surface area contributed by atoms with E-state index in [1.807, 2.05) is 36.6 Å². The molecule has 1 aliphatic carbocycles. The van der Waals surface area contributed by atoms with Gasteiger partial charge in [-0.15, -0.1) is 0 Å². The molecule has 0 fully saturated rings. The zero-order valence-corrected chi connectivity index (χ0v) is 17.2. The van der Waals surface area contributed by atoms with E-state index in [1.165, 1.54) is 0 Å². The fourth-order valence-corrected chi connectivity index (χ4v) is 3.86. The Bertz CT molecular complexity index is 899. The molecule has 3 rings (SSSR count). The fraction of sp³-hybridized carbons (Fsp3) is 0.476. The first kappa shape index (κ1) is 19.9. The van der Waals surface area contributed by atoms with Gasteiger partial charge in [-0.1, -0.05) is 19.0 Å². The van der Waals surface area contributed by atoms with Crippen molar-refractivity contribution in [3.8, 4) is 5.75 Å². The molecule has 1 heterocycles. The maximum Gasteiger partial charge on any atom is 0.356 e. The van der Waals surface area contributed by atoms with Crippen LogP contribution in [-0.4, -0.2) is 41.6 Å². The Balaban J connectivity index is 2.18. The van der Waals surface area contributed by atoms with Crippen molar-refractivity contribution < 1.29 is 19.1 Å². The van der Waals surface area contributed by atoms with Crippen molar-refractivity contribution in [3.05, 3.63) is 47.5 Å². The molecule has 150 valence electrons. The van der Waals surface area contributed by atoms with Gasteiger partial charge >= 0.3 is 5.97 Å². The van der Waals surface area contributed by atoms with E-state index in [1.54, 1.807) is 26.7 Å². The minimum Gasteiger partial charge on any atom is -0.497 e. The van der Waals surface area contributed by atoms with Gasteiger partial charge < -0.3 is 18.9 Å². The van der Waals surface area contributed by atoms with E-state index in [9.17, 15) is 4.79 Å². The molecule has 0 bridgehead atoms. The van der Waals surface area contributed by atoms with Crippen molar-refractivity contribution >= 4 is 11.7 Å². The second-order valence-electron chi connectivity index (χ2n) is 7.88. The summed E-state index contributed by atoms with van der Waals surface area (Å²) >= 11 is 0. The Morgan fingerprint density at radius 2 is 2.07 bits per heavy atom. The molecule has 1 aromatic heterocycles. The van der Waals surface area contributed by atoms with E-state index >= 15 is 0 Å². The lowest BCUT2D eigenvalue weighted by Gasteiger charge is -2.41. The molecule has 0 aliphatic heterocycles. The quantitative estimate of drug-likeness (QED) is 0.578. The third kappa shape index (κ3) is 3.61. The summed E-state index contributed by atoms with van der Waals surface area (Å²) in [7, 11) is 3.18. The van der Waals surface area contributed by atoms with Crippen LogP contribution in [0.2, 0.25) is 0 Å². The van der Waals surface area contributed by atoms with Crippen molar-refractivity contribution in [1.82, 2.24) is 9.55 Å². The number of carbonyl (C=O) groups is 1. The Morgan fingerprint density at radius 3 is 2.71 bits per heavy atom. The summed E-state index contributed by atoms with van der Waals surface area (Å²) in [6.07, 6.45) is 3.72. The van der Waals surface area contributed by atoms with E-state index in [2.05, 4.69) is 24.0 Å². The van der Waals surface area contributed by atoms with Crippen molar-refractivity contribution in [3.63, 3.8) is 0 Å². The van der Waals surface area contributed by atoms with Crippen LogP contribution in [0, 0.1) is 5.41 Å². The van der Waals surface area contributed by atoms with Crippen LogP contribution in [0.5, 0.6) is 5.75 Å². The molecule has 0 saturated carbocycles. The van der Waals surface area contributed by atoms with E-state index in [-0.39, 0.29) is 23.5 Å². The highest BCUT2D eigenvalue weighted by atomic mass is 16.6. The van der Waals surface area contributed by atoms with Gasteiger partial charge in [-0.05, 0) is 43.0 Å². The Morgan fingerprint density at radius 1 is 1.32 bits per heavy atom. The summed E-state index contributed by atoms with van der Waals surface area (Å²) in [6.45, 7) is 7.94. The highest BCUT2D eigenvalue weighted by Gasteiger charge is 2.42. The molecule has 7 heteroatoms. The molecule has 1 atom stereocenters. The molecular formula is C21H27N3O4. The van der Waals surface area contributed by atoms with E-state index < -0.39 is 0 Å². The van der Waals surface area contributed by atoms with Gasteiger partial charge in [0.2, 0.25) is 0 Å². The molecule has 0 N–H and O–H groups in total. The SMILES string of the molecule is CO/N=C1/CC(C)(C)C(n2cncc2C(=O)OC(C)C)c2cc(OC)ccc21. The average molecular weight is 385 g/mol. The summed E-state index contributed by atoms with van der Waals surface area (Å²) in [5, 5.41) is 4.25. The van der Waals surface area contributed by atoms with E-state index in [4.69, 9.17) is 14.3 Å². The van der Waals surface area contributed by atoms with Crippen LogP contribution in [0.15, 0.2) is 35.9 Å². The summed E-state index contributed by atoms with van der Waals surface area (Å²) in [5.41, 5.74) is 3.01. The molecule has 0 amide bonds. The summed E-state index contributed by atoms with van der Waals surface area (Å²) < 4.78 is 12.8. The topological polar surface area (TPSA) is 74.9 Å². The number of fused-ring (bicyclic) bond motifs is 1. The van der Waals surface area contributed by atoms with Crippen molar-refractivity contribution in [2.24, 2.45) is 10.6 Å². The van der Waals surface area contributed by atoms with Gasteiger partial charge in [-0.2, -0.15) is 0 Å². The number of hydrogen-bond donors (Lipinski definition) is 0. The maximum absolute atomic E-state index is 12.6. The highest BCUT2D eigenvalue weighted by molar-refractivity contribution is 6.03. The number of esters is 1. The van der Waals surface area contributed by atoms with Crippen LogP contribution in [0.4, 0.5) is 0 Å². The summed E-state index contributed by atoms with van der Waals surface area (Å²) in [4.78, 5) is 22.0. The van der Waals surface area contributed by atoms with Gasteiger partial charge in [-0.25, -0.2) is 9.78 Å². The summed E-state index contributed by atoms with van der Waals surface area (Å²) in [5.74, 6) is 0.355. The number of oxime groups is 1. The van der Waals surface area contributed by atoms with Crippen LogP contribution < -0.4 is 4.74 Å². The molecule has 0 spiro atoms. The number of carbonyl (C=O) groups excluding carboxylic acids is 1. The number of benzene rings is 1. The van der Waals surface area contributed by atoms with Crippen molar-refractivity contribution in [2.45, 2.75) is 46.3 Å². The predicted octanol–water partition coefficient (Wildman–Crippen LogP) is 3.83. The van der Waals surface area contributed by atoms with Crippen LogP contribution >= 0.6 is 0 Å². The second-order valence-corrected chi connectivity index (χ2v) is 7.88. The van der Waals surface area contributed by atoms with Gasteiger partial charge in [0, 0.05) is 12.0 Å². The first-order valence-electron chi connectivity index (χ1n) is 9.29. The number of hydrogen-bond acceptors (Lipinski definition) is 6. The molecule has 0 saturated heterocycles.